The molecule has 6 heteroatoms. The van der Waals surface area contributed by atoms with Gasteiger partial charge in [0.15, 0.2) is 5.96 Å². The molecule has 0 fully saturated rings. The van der Waals surface area contributed by atoms with E-state index in [0.29, 0.717) is 13.2 Å². The van der Waals surface area contributed by atoms with Crippen molar-refractivity contribution in [2.45, 2.75) is 38.6 Å². The Kier molecular flexibility index (Phi) is 16.1. The van der Waals surface area contributed by atoms with E-state index in [4.69, 9.17) is 4.74 Å². The van der Waals surface area contributed by atoms with E-state index in [9.17, 15) is 0 Å². The quantitative estimate of drug-likeness (QED) is 0.145. The van der Waals surface area contributed by atoms with Crippen molar-refractivity contribution in [1.82, 2.24) is 15.5 Å². The van der Waals surface area contributed by atoms with Crippen molar-refractivity contribution in [3.8, 4) is 5.75 Å². The molecule has 154 valence electrons. The van der Waals surface area contributed by atoms with Crippen LogP contribution < -0.4 is 15.4 Å². The Morgan fingerprint density at radius 1 is 1.11 bits per heavy atom. The molecule has 2 N–H and O–H groups in total. The van der Waals surface area contributed by atoms with Crippen LogP contribution in [-0.2, 0) is 6.54 Å². The molecule has 0 saturated carbocycles. The summed E-state index contributed by atoms with van der Waals surface area (Å²) in [5.74, 6) is 1.71. The highest BCUT2D eigenvalue weighted by molar-refractivity contribution is 14.0. The normalized spacial score (nSPS) is 11.0. The molecule has 0 bridgehead atoms. The zero-order valence-electron chi connectivity index (χ0n) is 17.2. The van der Waals surface area contributed by atoms with E-state index >= 15 is 0 Å². The number of aliphatic imine (C=N–C) groups is 1. The number of para-hydroxylation sites is 1. The molecule has 0 atom stereocenters. The molecule has 0 aliphatic carbocycles. The Morgan fingerprint density at radius 3 is 2.52 bits per heavy atom. The number of hydrogen-bond donors (Lipinski definition) is 2. The fourth-order valence-corrected chi connectivity index (χ4v) is 2.63. The summed E-state index contributed by atoms with van der Waals surface area (Å²) in [5, 5.41) is 6.74. The number of nitrogens with one attached hydrogen (secondary N) is 2. The molecule has 0 aliphatic rings. The first kappa shape index (κ1) is 25.7. The topological polar surface area (TPSA) is 48.9 Å². The van der Waals surface area contributed by atoms with E-state index in [1.807, 2.05) is 18.2 Å². The number of halogens is 1. The molecule has 5 nitrogen and oxygen atoms in total. The van der Waals surface area contributed by atoms with Gasteiger partial charge in [-0.15, -0.1) is 24.0 Å². The van der Waals surface area contributed by atoms with Crippen LogP contribution in [0.25, 0.3) is 0 Å². The van der Waals surface area contributed by atoms with Gasteiger partial charge >= 0.3 is 0 Å². The highest BCUT2D eigenvalue weighted by atomic mass is 127. The van der Waals surface area contributed by atoms with Crippen LogP contribution in [-0.4, -0.2) is 51.7 Å². The zero-order valence-corrected chi connectivity index (χ0v) is 19.5. The van der Waals surface area contributed by atoms with Crippen molar-refractivity contribution in [2.24, 2.45) is 4.99 Å². The molecule has 0 aliphatic heterocycles. The van der Waals surface area contributed by atoms with Gasteiger partial charge in [-0.25, -0.2) is 0 Å². The Bertz CT molecular complexity index is 535. The van der Waals surface area contributed by atoms with Crippen molar-refractivity contribution in [3.63, 3.8) is 0 Å². The Labute approximate surface area is 182 Å². The maximum atomic E-state index is 5.69. The van der Waals surface area contributed by atoms with Crippen molar-refractivity contribution < 1.29 is 4.74 Å². The van der Waals surface area contributed by atoms with Gasteiger partial charge in [-0.1, -0.05) is 50.1 Å². The van der Waals surface area contributed by atoms with E-state index in [-0.39, 0.29) is 24.0 Å². The number of hydrogen-bond acceptors (Lipinski definition) is 3. The second-order valence-electron chi connectivity index (χ2n) is 6.63. The Morgan fingerprint density at radius 2 is 1.81 bits per heavy atom. The predicted octanol–water partition coefficient (Wildman–Crippen LogP) is 4.05. The summed E-state index contributed by atoms with van der Waals surface area (Å²) in [7, 11) is 6.07. The Hall–Kier alpha value is -1.28. The maximum Gasteiger partial charge on any atom is 0.191 e. The fourth-order valence-electron chi connectivity index (χ4n) is 2.63. The lowest BCUT2D eigenvalue weighted by Crippen LogP contribution is -2.37. The van der Waals surface area contributed by atoms with E-state index in [2.05, 4.69) is 47.3 Å². The first-order valence-corrected chi connectivity index (χ1v) is 9.58. The van der Waals surface area contributed by atoms with Crippen LogP contribution in [0.3, 0.4) is 0 Å². The van der Waals surface area contributed by atoms with E-state index in [1.54, 1.807) is 13.1 Å². The molecular formula is C21H37IN4O. The number of benzene rings is 1. The lowest BCUT2D eigenvalue weighted by Gasteiger charge is -2.14. The zero-order chi connectivity index (χ0) is 19.0. The van der Waals surface area contributed by atoms with Crippen LogP contribution in [0.5, 0.6) is 5.75 Å². The average Bonchev–Trinajstić information content (AvgIpc) is 2.65. The number of unbranched alkanes of at least 4 members (excludes halogenated alkanes) is 4. The van der Waals surface area contributed by atoms with E-state index in [0.717, 1.165) is 23.8 Å². The van der Waals surface area contributed by atoms with Gasteiger partial charge in [-0.2, -0.15) is 0 Å². The minimum absolute atomic E-state index is 0. The summed E-state index contributed by atoms with van der Waals surface area (Å²) < 4.78 is 5.69. The molecule has 0 spiro atoms. The van der Waals surface area contributed by atoms with Crippen LogP contribution in [0.1, 0.15) is 37.7 Å². The largest absolute Gasteiger partial charge is 0.489 e. The third-order valence-electron chi connectivity index (χ3n) is 4.07. The molecule has 1 aromatic rings. The Balaban J connectivity index is 0.00000676. The lowest BCUT2D eigenvalue weighted by atomic mass is 10.1. The van der Waals surface area contributed by atoms with Crippen LogP contribution >= 0.6 is 24.0 Å². The maximum absolute atomic E-state index is 5.69. The third-order valence-corrected chi connectivity index (χ3v) is 4.07. The predicted molar refractivity (Wildman–Crippen MR) is 127 cm³/mol. The molecule has 1 rings (SSSR count). The molecule has 0 amide bonds. The number of rotatable bonds is 13. The van der Waals surface area contributed by atoms with Crippen molar-refractivity contribution >= 4 is 29.9 Å². The molecule has 0 unspecified atom stereocenters. The van der Waals surface area contributed by atoms with Crippen LogP contribution in [0.2, 0.25) is 0 Å². The summed E-state index contributed by atoms with van der Waals surface area (Å²) in [6, 6.07) is 8.04. The van der Waals surface area contributed by atoms with Crippen LogP contribution in [0.4, 0.5) is 0 Å². The van der Waals surface area contributed by atoms with Gasteiger partial charge in [-0.3, -0.25) is 4.99 Å². The molecule has 0 aromatic heterocycles. The summed E-state index contributed by atoms with van der Waals surface area (Å²) in [6.45, 7) is 7.02. The van der Waals surface area contributed by atoms with Crippen molar-refractivity contribution in [2.75, 3.05) is 40.8 Å². The molecule has 0 radical (unpaired) electrons. The standard InChI is InChI=1S/C21H36N4O.HI/c1-5-17-26-20-14-10-9-13-19(20)18-24-21(22-2)23-15-11-7-6-8-12-16-25(3)4;/h5,9-10,13-14H,1,6-8,11-12,15-18H2,2-4H3,(H2,22,23,24);1H. The monoisotopic (exact) mass is 488 g/mol. The summed E-state index contributed by atoms with van der Waals surface area (Å²) in [5.41, 5.74) is 1.11. The van der Waals surface area contributed by atoms with Gasteiger partial charge in [-0.05, 0) is 39.5 Å². The van der Waals surface area contributed by atoms with E-state index in [1.165, 1.54) is 38.6 Å². The first-order chi connectivity index (χ1) is 12.7. The molecule has 27 heavy (non-hydrogen) atoms. The van der Waals surface area contributed by atoms with E-state index < -0.39 is 0 Å². The van der Waals surface area contributed by atoms with Gasteiger partial charge in [0.25, 0.3) is 0 Å². The van der Waals surface area contributed by atoms with Gasteiger partial charge in [0, 0.05) is 25.7 Å². The number of ether oxygens (including phenoxy) is 1. The van der Waals surface area contributed by atoms with Gasteiger partial charge in [0.2, 0.25) is 0 Å². The number of guanidine groups is 1. The second kappa shape index (κ2) is 16.9. The molecule has 0 heterocycles. The summed E-state index contributed by atoms with van der Waals surface area (Å²) >= 11 is 0. The molecular weight excluding hydrogens is 451 g/mol. The van der Waals surface area contributed by atoms with Gasteiger partial charge < -0.3 is 20.3 Å². The minimum Gasteiger partial charge on any atom is -0.489 e. The fraction of sp³-hybridized carbons (Fsp3) is 0.571. The highest BCUT2D eigenvalue weighted by Crippen LogP contribution is 2.17. The average molecular weight is 488 g/mol. The van der Waals surface area contributed by atoms with Crippen LogP contribution in [0, 0.1) is 0 Å². The second-order valence-corrected chi connectivity index (χ2v) is 6.63. The smallest absolute Gasteiger partial charge is 0.191 e. The highest BCUT2D eigenvalue weighted by Gasteiger charge is 2.04. The van der Waals surface area contributed by atoms with Gasteiger partial charge in [0.1, 0.15) is 12.4 Å². The van der Waals surface area contributed by atoms with Crippen molar-refractivity contribution in [3.05, 3.63) is 42.5 Å². The van der Waals surface area contributed by atoms with Crippen molar-refractivity contribution in [1.29, 1.82) is 0 Å². The number of nitrogens with zero attached hydrogens (tertiary/aromatic N) is 2. The SMILES string of the molecule is C=CCOc1ccccc1CNC(=NC)NCCCCCCCN(C)C.I. The van der Waals surface area contributed by atoms with Crippen LogP contribution in [0.15, 0.2) is 41.9 Å². The summed E-state index contributed by atoms with van der Waals surface area (Å²) in [6.07, 6.45) is 8.09. The first-order valence-electron chi connectivity index (χ1n) is 9.58. The molecule has 1 aromatic carbocycles. The minimum atomic E-state index is 0. The molecule has 0 saturated heterocycles. The lowest BCUT2D eigenvalue weighted by molar-refractivity contribution is 0.358. The summed E-state index contributed by atoms with van der Waals surface area (Å²) in [4.78, 5) is 6.54. The van der Waals surface area contributed by atoms with Gasteiger partial charge in [0.05, 0.1) is 0 Å². The third kappa shape index (κ3) is 12.7.